The maximum atomic E-state index is 13.6. The molecule has 7 nitrogen and oxygen atoms in total. The molecule has 7 heteroatoms. The van der Waals surface area contributed by atoms with Crippen molar-refractivity contribution in [2.45, 2.75) is 12.5 Å². The van der Waals surface area contributed by atoms with E-state index in [-0.39, 0.29) is 5.91 Å². The Morgan fingerprint density at radius 2 is 1.37 bits per heavy atom. The lowest BCUT2D eigenvalue weighted by atomic mass is 9.97. The molecule has 1 heterocycles. The van der Waals surface area contributed by atoms with Gasteiger partial charge in [-0.25, -0.2) is 9.80 Å². The number of para-hydroxylation sites is 1. The fourth-order valence-corrected chi connectivity index (χ4v) is 4.42. The monoisotopic (exact) mass is 506 g/mol. The molecule has 38 heavy (non-hydrogen) atoms. The molecule has 0 N–H and O–H groups in total. The number of esters is 1. The predicted octanol–water partition coefficient (Wildman–Crippen LogP) is 5.91. The van der Waals surface area contributed by atoms with Gasteiger partial charge in [0.15, 0.2) is 11.5 Å². The Balaban J connectivity index is 1.53. The first kappa shape index (κ1) is 24.8. The SMILES string of the molecule is COc1ccc([C@@H]2CC(c3ccccc3OC(=O)c3ccccc3)=NN2C(=O)c2ccccc2)cc1OC. The maximum Gasteiger partial charge on any atom is 0.343 e. The largest absolute Gasteiger partial charge is 0.493 e. The van der Waals surface area contributed by atoms with Crippen LogP contribution in [0.1, 0.15) is 44.3 Å². The summed E-state index contributed by atoms with van der Waals surface area (Å²) in [4.78, 5) is 26.4. The van der Waals surface area contributed by atoms with E-state index in [2.05, 4.69) is 0 Å². The number of methoxy groups -OCH3 is 2. The van der Waals surface area contributed by atoms with Gasteiger partial charge in [-0.1, -0.05) is 54.6 Å². The second-order valence-corrected chi connectivity index (χ2v) is 8.65. The summed E-state index contributed by atoms with van der Waals surface area (Å²) in [5, 5.41) is 6.26. The Bertz CT molecular complexity index is 1480. The van der Waals surface area contributed by atoms with E-state index in [4.69, 9.17) is 19.3 Å². The van der Waals surface area contributed by atoms with Crippen LogP contribution < -0.4 is 14.2 Å². The van der Waals surface area contributed by atoms with E-state index in [1.54, 1.807) is 62.8 Å². The molecule has 0 bridgehead atoms. The number of rotatable bonds is 7. The Labute approximate surface area is 220 Å². The lowest BCUT2D eigenvalue weighted by Crippen LogP contribution is -2.27. The lowest BCUT2D eigenvalue weighted by Gasteiger charge is -2.23. The van der Waals surface area contributed by atoms with Crippen LogP contribution in [0.3, 0.4) is 0 Å². The van der Waals surface area contributed by atoms with Crippen LogP contribution in [0.4, 0.5) is 0 Å². The van der Waals surface area contributed by atoms with E-state index in [0.29, 0.717) is 46.1 Å². The van der Waals surface area contributed by atoms with E-state index < -0.39 is 12.0 Å². The maximum absolute atomic E-state index is 13.6. The molecule has 0 radical (unpaired) electrons. The molecule has 190 valence electrons. The molecule has 1 amide bonds. The van der Waals surface area contributed by atoms with E-state index >= 15 is 0 Å². The highest BCUT2D eigenvalue weighted by Crippen LogP contribution is 2.39. The number of hydrogen-bond donors (Lipinski definition) is 0. The summed E-state index contributed by atoms with van der Waals surface area (Å²) < 4.78 is 16.7. The summed E-state index contributed by atoms with van der Waals surface area (Å²) in [7, 11) is 3.15. The van der Waals surface area contributed by atoms with Crippen LogP contribution >= 0.6 is 0 Å². The van der Waals surface area contributed by atoms with Gasteiger partial charge in [0.05, 0.1) is 31.5 Å². The summed E-state index contributed by atoms with van der Waals surface area (Å²) >= 11 is 0. The highest BCUT2D eigenvalue weighted by Gasteiger charge is 2.35. The van der Waals surface area contributed by atoms with E-state index in [1.165, 1.54) is 5.01 Å². The Kier molecular flexibility index (Phi) is 7.17. The molecule has 5 rings (SSSR count). The van der Waals surface area contributed by atoms with E-state index in [1.807, 2.05) is 54.6 Å². The fraction of sp³-hybridized carbons (Fsp3) is 0.129. The molecule has 1 aliphatic heterocycles. The number of nitrogens with zero attached hydrogens (tertiary/aromatic N) is 2. The molecule has 1 atom stereocenters. The first-order chi connectivity index (χ1) is 18.6. The fourth-order valence-electron chi connectivity index (χ4n) is 4.42. The lowest BCUT2D eigenvalue weighted by molar-refractivity contribution is 0.0708. The zero-order valence-electron chi connectivity index (χ0n) is 21.0. The summed E-state index contributed by atoms with van der Waals surface area (Å²) in [5.74, 6) is 0.821. The molecular formula is C31H26N2O5. The Morgan fingerprint density at radius 1 is 0.737 bits per heavy atom. The number of carbonyl (C=O) groups is 2. The van der Waals surface area contributed by atoms with Crippen molar-refractivity contribution in [3.05, 3.63) is 125 Å². The summed E-state index contributed by atoms with van der Waals surface area (Å²) in [6.45, 7) is 0. The summed E-state index contributed by atoms with van der Waals surface area (Å²) in [5.41, 5.74) is 3.08. The minimum absolute atomic E-state index is 0.237. The van der Waals surface area contributed by atoms with E-state index in [9.17, 15) is 9.59 Å². The number of hydrogen-bond acceptors (Lipinski definition) is 6. The van der Waals surface area contributed by atoms with Gasteiger partial charge in [0.1, 0.15) is 5.75 Å². The quantitative estimate of drug-likeness (QED) is 0.230. The van der Waals surface area contributed by atoms with Crippen molar-refractivity contribution in [2.24, 2.45) is 5.10 Å². The molecule has 0 unspecified atom stereocenters. The molecular weight excluding hydrogens is 480 g/mol. The van der Waals surface area contributed by atoms with Gasteiger partial charge in [-0.2, -0.15) is 5.10 Å². The van der Waals surface area contributed by atoms with Crippen LogP contribution in [0.25, 0.3) is 0 Å². The van der Waals surface area contributed by atoms with Gasteiger partial charge in [0.25, 0.3) is 5.91 Å². The van der Waals surface area contributed by atoms with Crippen LogP contribution in [-0.4, -0.2) is 36.8 Å². The van der Waals surface area contributed by atoms with Gasteiger partial charge in [0, 0.05) is 17.5 Å². The molecule has 0 aliphatic carbocycles. The van der Waals surface area contributed by atoms with Crippen LogP contribution in [0.2, 0.25) is 0 Å². The summed E-state index contributed by atoms with van der Waals surface area (Å²) in [6.07, 6.45) is 0.411. The highest BCUT2D eigenvalue weighted by molar-refractivity contribution is 6.07. The van der Waals surface area contributed by atoms with Crippen LogP contribution in [0.5, 0.6) is 17.2 Å². The van der Waals surface area contributed by atoms with E-state index in [0.717, 1.165) is 5.56 Å². The first-order valence-electron chi connectivity index (χ1n) is 12.1. The molecule has 0 saturated carbocycles. The second-order valence-electron chi connectivity index (χ2n) is 8.65. The molecule has 4 aromatic rings. The third-order valence-electron chi connectivity index (χ3n) is 6.34. The zero-order valence-corrected chi connectivity index (χ0v) is 21.0. The van der Waals surface area contributed by atoms with Crippen molar-refractivity contribution in [1.82, 2.24) is 5.01 Å². The average Bonchev–Trinajstić information content (AvgIpc) is 3.43. The summed E-state index contributed by atoms with van der Waals surface area (Å²) in [6, 6.07) is 30.2. The van der Waals surface area contributed by atoms with Crippen molar-refractivity contribution < 1.29 is 23.8 Å². The normalized spacial score (nSPS) is 14.5. The molecule has 0 aromatic heterocycles. The number of carbonyl (C=O) groups excluding carboxylic acids is 2. The number of benzene rings is 4. The Morgan fingerprint density at radius 3 is 2.05 bits per heavy atom. The first-order valence-corrected chi connectivity index (χ1v) is 12.1. The third-order valence-corrected chi connectivity index (χ3v) is 6.34. The molecule has 0 fully saturated rings. The number of ether oxygens (including phenoxy) is 3. The van der Waals surface area contributed by atoms with Crippen LogP contribution in [0, 0.1) is 0 Å². The topological polar surface area (TPSA) is 77.4 Å². The highest BCUT2D eigenvalue weighted by atomic mass is 16.5. The second kappa shape index (κ2) is 11.0. The standard InChI is InChI=1S/C31H26N2O5/c1-36-28-18-17-23(19-29(28)37-2)26-20-25(32-33(26)30(34)21-11-5-3-6-12-21)24-15-9-10-16-27(24)38-31(35)22-13-7-4-8-14-22/h3-19,26H,20H2,1-2H3/t26-/m0/s1. The molecule has 0 spiro atoms. The van der Waals surface area contributed by atoms with Crippen LogP contribution in [0.15, 0.2) is 108 Å². The van der Waals surface area contributed by atoms with Gasteiger partial charge in [-0.05, 0) is 54.1 Å². The van der Waals surface area contributed by atoms with Crippen molar-refractivity contribution in [2.75, 3.05) is 14.2 Å². The molecule has 4 aromatic carbocycles. The van der Waals surface area contributed by atoms with Gasteiger partial charge in [0.2, 0.25) is 0 Å². The third kappa shape index (κ3) is 4.99. The van der Waals surface area contributed by atoms with Crippen LogP contribution in [-0.2, 0) is 0 Å². The average molecular weight is 507 g/mol. The zero-order chi connectivity index (χ0) is 26.5. The van der Waals surface area contributed by atoms with Crippen molar-refractivity contribution in [3.63, 3.8) is 0 Å². The van der Waals surface area contributed by atoms with Gasteiger partial charge >= 0.3 is 5.97 Å². The number of hydrazone groups is 1. The van der Waals surface area contributed by atoms with Gasteiger partial charge in [-0.3, -0.25) is 4.79 Å². The smallest absolute Gasteiger partial charge is 0.343 e. The van der Waals surface area contributed by atoms with Crippen molar-refractivity contribution in [3.8, 4) is 17.2 Å². The number of amides is 1. The predicted molar refractivity (Wildman–Crippen MR) is 144 cm³/mol. The minimum Gasteiger partial charge on any atom is -0.493 e. The minimum atomic E-state index is -0.467. The van der Waals surface area contributed by atoms with Crippen molar-refractivity contribution >= 4 is 17.6 Å². The Hall–Kier alpha value is -4.91. The van der Waals surface area contributed by atoms with Gasteiger partial charge in [-0.15, -0.1) is 0 Å². The molecule has 1 aliphatic rings. The van der Waals surface area contributed by atoms with Crippen molar-refractivity contribution in [1.29, 1.82) is 0 Å². The molecule has 0 saturated heterocycles. The van der Waals surface area contributed by atoms with Gasteiger partial charge < -0.3 is 14.2 Å².